The largest absolute Gasteiger partial charge is 0.476 e. The van der Waals surface area contributed by atoms with Gasteiger partial charge in [-0.2, -0.15) is 0 Å². The minimum absolute atomic E-state index is 0.147. The molecule has 9 heteroatoms. The average molecular weight is 331 g/mol. The zero-order chi connectivity index (χ0) is 17.5. The molecule has 0 aliphatic rings. The van der Waals surface area contributed by atoms with Crippen LogP contribution in [0.15, 0.2) is 30.5 Å². The summed E-state index contributed by atoms with van der Waals surface area (Å²) in [4.78, 5) is 34.2. The fourth-order valence-corrected chi connectivity index (χ4v) is 1.94. The highest BCUT2D eigenvalue weighted by Crippen LogP contribution is 2.03. The van der Waals surface area contributed by atoms with Crippen LogP contribution in [0.3, 0.4) is 0 Å². The molecule has 1 aromatic heterocycles. The van der Waals surface area contributed by atoms with E-state index in [1.54, 1.807) is 18.2 Å². The summed E-state index contributed by atoms with van der Waals surface area (Å²) in [5, 5.41) is 21.0. The summed E-state index contributed by atoms with van der Waals surface area (Å²) in [5.74, 6) is -1.78. The van der Waals surface area contributed by atoms with Crippen molar-refractivity contribution in [3.8, 4) is 0 Å². The van der Waals surface area contributed by atoms with E-state index < -0.39 is 5.97 Å². The highest BCUT2D eigenvalue weighted by molar-refractivity contribution is 5.94. The summed E-state index contributed by atoms with van der Waals surface area (Å²) in [7, 11) is 0. The number of aromatic nitrogens is 3. The molecule has 0 bridgehead atoms. The molecule has 2 aromatic rings. The van der Waals surface area contributed by atoms with Crippen LogP contribution in [0.1, 0.15) is 26.4 Å². The number of aryl methyl sites for hydroxylation is 1. The van der Waals surface area contributed by atoms with E-state index in [4.69, 9.17) is 5.11 Å². The van der Waals surface area contributed by atoms with Crippen LogP contribution in [0.5, 0.6) is 0 Å². The minimum Gasteiger partial charge on any atom is -0.476 e. The molecular formula is C15H17N5O4. The number of nitrogens with zero attached hydrogens (tertiary/aromatic N) is 3. The highest BCUT2D eigenvalue weighted by atomic mass is 16.4. The Labute approximate surface area is 137 Å². The predicted octanol–water partition coefficient (Wildman–Crippen LogP) is -0.169. The zero-order valence-corrected chi connectivity index (χ0v) is 13.0. The number of nitrogens with one attached hydrogen (secondary N) is 2. The van der Waals surface area contributed by atoms with Gasteiger partial charge in [0.2, 0.25) is 5.91 Å². The van der Waals surface area contributed by atoms with Gasteiger partial charge in [-0.15, -0.1) is 5.10 Å². The number of carbonyl (C=O) groups is 3. The number of carboxylic acids is 1. The molecule has 2 rings (SSSR count). The van der Waals surface area contributed by atoms with Crippen LogP contribution < -0.4 is 10.6 Å². The number of rotatable bonds is 7. The van der Waals surface area contributed by atoms with Gasteiger partial charge in [-0.25, -0.2) is 9.48 Å². The number of carbonyl (C=O) groups excluding carboxylic acids is 2. The molecule has 0 fully saturated rings. The Morgan fingerprint density at radius 1 is 1.21 bits per heavy atom. The third-order valence-electron chi connectivity index (χ3n) is 3.08. The number of benzene rings is 1. The molecule has 1 aromatic carbocycles. The lowest BCUT2D eigenvalue weighted by atomic mass is 10.1. The second-order valence-electron chi connectivity index (χ2n) is 5.08. The Hall–Kier alpha value is -3.23. The first-order valence-corrected chi connectivity index (χ1v) is 7.20. The SMILES string of the molecule is Cc1cccc(C(=O)NCCNC(=O)Cn2cc(C(=O)O)nn2)c1. The normalized spacial score (nSPS) is 10.2. The van der Waals surface area contributed by atoms with Crippen molar-refractivity contribution in [3.63, 3.8) is 0 Å². The zero-order valence-electron chi connectivity index (χ0n) is 13.0. The standard InChI is InChI=1S/C15H17N5O4/c1-10-3-2-4-11(7-10)14(22)17-6-5-16-13(21)9-20-8-12(15(23)24)18-19-20/h2-4,7-8H,5-6,9H2,1H3,(H,16,21)(H,17,22)(H,23,24). The number of carboxylic acid groups (broad SMARTS) is 1. The summed E-state index contributed by atoms with van der Waals surface area (Å²) in [5.41, 5.74) is 1.32. The van der Waals surface area contributed by atoms with E-state index in [0.717, 1.165) is 10.2 Å². The summed E-state index contributed by atoms with van der Waals surface area (Å²) >= 11 is 0. The van der Waals surface area contributed by atoms with Crippen molar-refractivity contribution in [1.29, 1.82) is 0 Å². The molecule has 0 saturated carbocycles. The van der Waals surface area contributed by atoms with E-state index in [2.05, 4.69) is 20.9 Å². The van der Waals surface area contributed by atoms with Crippen molar-refractivity contribution >= 4 is 17.8 Å². The van der Waals surface area contributed by atoms with Crippen LogP contribution in [0.2, 0.25) is 0 Å². The lowest BCUT2D eigenvalue weighted by Crippen LogP contribution is -2.36. The van der Waals surface area contributed by atoms with Gasteiger partial charge in [0, 0.05) is 18.7 Å². The summed E-state index contributed by atoms with van der Waals surface area (Å²) in [6.45, 7) is 2.27. The summed E-state index contributed by atoms with van der Waals surface area (Å²) in [6, 6.07) is 7.19. The fraction of sp³-hybridized carbons (Fsp3) is 0.267. The Morgan fingerprint density at radius 3 is 2.62 bits per heavy atom. The van der Waals surface area contributed by atoms with Crippen molar-refractivity contribution in [2.75, 3.05) is 13.1 Å². The average Bonchev–Trinajstić information content (AvgIpc) is 3.00. The van der Waals surface area contributed by atoms with Gasteiger partial charge < -0.3 is 15.7 Å². The van der Waals surface area contributed by atoms with E-state index in [0.29, 0.717) is 5.56 Å². The van der Waals surface area contributed by atoms with Gasteiger partial charge in [-0.3, -0.25) is 9.59 Å². The van der Waals surface area contributed by atoms with Gasteiger partial charge in [-0.05, 0) is 19.1 Å². The first-order valence-electron chi connectivity index (χ1n) is 7.20. The molecule has 0 spiro atoms. The van der Waals surface area contributed by atoms with E-state index in [9.17, 15) is 14.4 Å². The molecule has 0 aliphatic carbocycles. The van der Waals surface area contributed by atoms with Crippen molar-refractivity contribution < 1.29 is 19.5 Å². The summed E-state index contributed by atoms with van der Waals surface area (Å²) in [6.07, 6.45) is 1.17. The minimum atomic E-state index is -1.21. The van der Waals surface area contributed by atoms with Crippen LogP contribution in [0, 0.1) is 6.92 Å². The molecule has 24 heavy (non-hydrogen) atoms. The molecule has 2 amide bonds. The van der Waals surface area contributed by atoms with Crippen LogP contribution in [0.4, 0.5) is 0 Å². The maximum Gasteiger partial charge on any atom is 0.358 e. The fourth-order valence-electron chi connectivity index (χ4n) is 1.94. The molecular weight excluding hydrogens is 314 g/mol. The van der Waals surface area contributed by atoms with E-state index in [1.165, 1.54) is 6.20 Å². The Balaban J connectivity index is 1.70. The quantitative estimate of drug-likeness (QED) is 0.605. The molecule has 1 heterocycles. The van der Waals surface area contributed by atoms with Crippen molar-refractivity contribution in [2.45, 2.75) is 13.5 Å². The number of aromatic carboxylic acids is 1. The Morgan fingerprint density at radius 2 is 1.96 bits per heavy atom. The molecule has 126 valence electrons. The van der Waals surface area contributed by atoms with Gasteiger partial charge in [0.25, 0.3) is 5.91 Å². The molecule has 0 unspecified atom stereocenters. The van der Waals surface area contributed by atoms with Gasteiger partial charge in [0.15, 0.2) is 5.69 Å². The third kappa shape index (κ3) is 4.90. The van der Waals surface area contributed by atoms with Gasteiger partial charge in [0.05, 0.1) is 6.20 Å². The Bertz CT molecular complexity index is 756. The predicted molar refractivity (Wildman–Crippen MR) is 83.5 cm³/mol. The van der Waals surface area contributed by atoms with Gasteiger partial charge >= 0.3 is 5.97 Å². The molecule has 0 atom stereocenters. The van der Waals surface area contributed by atoms with Crippen LogP contribution in [0.25, 0.3) is 0 Å². The van der Waals surface area contributed by atoms with Gasteiger partial charge in [-0.1, -0.05) is 22.9 Å². The maximum atomic E-state index is 11.9. The van der Waals surface area contributed by atoms with E-state index in [-0.39, 0.29) is 37.1 Å². The molecule has 0 aliphatic heterocycles. The first-order chi connectivity index (χ1) is 11.5. The molecule has 3 N–H and O–H groups in total. The van der Waals surface area contributed by atoms with Crippen molar-refractivity contribution in [2.24, 2.45) is 0 Å². The first kappa shape index (κ1) is 17.1. The van der Waals surface area contributed by atoms with E-state index >= 15 is 0 Å². The van der Waals surface area contributed by atoms with Crippen molar-refractivity contribution in [3.05, 3.63) is 47.3 Å². The Kier molecular flexibility index (Phi) is 5.61. The molecule has 0 radical (unpaired) electrons. The van der Waals surface area contributed by atoms with Crippen LogP contribution >= 0.6 is 0 Å². The number of amides is 2. The van der Waals surface area contributed by atoms with Crippen LogP contribution in [-0.4, -0.2) is 51.0 Å². The van der Waals surface area contributed by atoms with Gasteiger partial charge in [0.1, 0.15) is 6.54 Å². The van der Waals surface area contributed by atoms with E-state index in [1.807, 2.05) is 13.0 Å². The topological polar surface area (TPSA) is 126 Å². The lowest BCUT2D eigenvalue weighted by Gasteiger charge is -2.07. The number of hydrogen-bond donors (Lipinski definition) is 3. The second kappa shape index (κ2) is 7.86. The molecule has 0 saturated heterocycles. The second-order valence-corrected chi connectivity index (χ2v) is 5.08. The lowest BCUT2D eigenvalue weighted by molar-refractivity contribution is -0.121. The third-order valence-corrected chi connectivity index (χ3v) is 3.08. The summed E-state index contributed by atoms with van der Waals surface area (Å²) < 4.78 is 1.13. The van der Waals surface area contributed by atoms with Crippen LogP contribution in [-0.2, 0) is 11.3 Å². The molecule has 9 nitrogen and oxygen atoms in total. The monoisotopic (exact) mass is 331 g/mol. The smallest absolute Gasteiger partial charge is 0.358 e. The van der Waals surface area contributed by atoms with Crippen molar-refractivity contribution in [1.82, 2.24) is 25.6 Å². The number of hydrogen-bond acceptors (Lipinski definition) is 5. The highest BCUT2D eigenvalue weighted by Gasteiger charge is 2.10. The maximum absolute atomic E-state index is 11.9.